The maximum atomic E-state index is 12.4. The summed E-state index contributed by atoms with van der Waals surface area (Å²) in [7, 11) is 0. The number of rotatable bonds is 6. The van der Waals surface area contributed by atoms with Crippen molar-refractivity contribution in [3.05, 3.63) is 73.1 Å². The Bertz CT molecular complexity index is 1310. The van der Waals surface area contributed by atoms with Gasteiger partial charge in [-0.1, -0.05) is 24.8 Å². The summed E-state index contributed by atoms with van der Waals surface area (Å²) in [4.78, 5) is 22.8. The third-order valence-corrected chi connectivity index (χ3v) is 5.74. The number of hydrogen-bond donors (Lipinski definition) is 1. The molecule has 5 rings (SSSR count). The largest absolute Gasteiger partial charge is 0.457 e. The number of benzene rings is 2. The van der Waals surface area contributed by atoms with Crippen molar-refractivity contribution in [2.75, 3.05) is 18.8 Å². The van der Waals surface area contributed by atoms with Gasteiger partial charge in [0.1, 0.15) is 29.3 Å². The summed E-state index contributed by atoms with van der Waals surface area (Å²) >= 11 is 0. The number of nitrogens with two attached hydrogens (primary N) is 1. The molecule has 2 aromatic heterocycles. The summed E-state index contributed by atoms with van der Waals surface area (Å²) in [6, 6.07) is 17.3. The zero-order valence-electron chi connectivity index (χ0n) is 18.1. The van der Waals surface area contributed by atoms with Crippen molar-refractivity contribution in [1.82, 2.24) is 24.6 Å². The van der Waals surface area contributed by atoms with Gasteiger partial charge in [0.15, 0.2) is 5.65 Å². The van der Waals surface area contributed by atoms with Crippen LogP contribution in [-0.2, 0) is 11.3 Å². The number of amides is 1. The number of fused-ring (bicyclic) bond motifs is 1. The first-order valence-corrected chi connectivity index (χ1v) is 10.9. The summed E-state index contributed by atoms with van der Waals surface area (Å²) in [5.41, 5.74) is 9.10. The van der Waals surface area contributed by atoms with Gasteiger partial charge in [-0.3, -0.25) is 4.79 Å². The molecule has 0 saturated carbocycles. The highest BCUT2D eigenvalue weighted by molar-refractivity contribution is 5.98. The van der Waals surface area contributed by atoms with Crippen LogP contribution >= 0.6 is 0 Å². The Kier molecular flexibility index (Phi) is 5.48. The van der Waals surface area contributed by atoms with Crippen LogP contribution in [0.15, 0.2) is 73.1 Å². The van der Waals surface area contributed by atoms with Gasteiger partial charge < -0.3 is 15.4 Å². The fourth-order valence-corrected chi connectivity index (χ4v) is 4.04. The number of carbonyl (C=O) groups is 1. The number of likely N-dealkylation sites (tertiary alicyclic amines) is 1. The van der Waals surface area contributed by atoms with Crippen LogP contribution in [-0.4, -0.2) is 43.6 Å². The first-order valence-electron chi connectivity index (χ1n) is 10.9. The van der Waals surface area contributed by atoms with E-state index in [1.54, 1.807) is 4.68 Å². The van der Waals surface area contributed by atoms with Crippen LogP contribution in [0.4, 0.5) is 5.82 Å². The lowest BCUT2D eigenvalue weighted by Crippen LogP contribution is -2.38. The van der Waals surface area contributed by atoms with Gasteiger partial charge in [-0.15, -0.1) is 0 Å². The van der Waals surface area contributed by atoms with Crippen LogP contribution in [0.25, 0.3) is 22.3 Å². The zero-order chi connectivity index (χ0) is 22.8. The number of piperidine rings is 1. The average molecular weight is 441 g/mol. The lowest BCUT2D eigenvalue weighted by Gasteiger charge is -2.27. The van der Waals surface area contributed by atoms with Crippen molar-refractivity contribution in [1.29, 1.82) is 0 Å². The van der Waals surface area contributed by atoms with E-state index in [0.717, 1.165) is 36.4 Å². The summed E-state index contributed by atoms with van der Waals surface area (Å²) in [6.45, 7) is 5.63. The van der Waals surface area contributed by atoms with E-state index in [1.807, 2.05) is 59.5 Å². The molecule has 1 aliphatic rings. The van der Waals surface area contributed by atoms with Gasteiger partial charge in [-0.25, -0.2) is 14.6 Å². The predicted octanol–water partition coefficient (Wildman–Crippen LogP) is 4.05. The SMILES string of the molecule is C=C1CCCN(CCn2nc(-c3ccc(Oc4ccccc4)cc3)c3c(N)ncnc32)C1=O. The molecule has 0 atom stereocenters. The van der Waals surface area contributed by atoms with Crippen LogP contribution in [0.5, 0.6) is 11.5 Å². The highest BCUT2D eigenvalue weighted by Crippen LogP contribution is 2.32. The molecule has 2 N–H and O–H groups in total. The lowest BCUT2D eigenvalue weighted by atomic mass is 10.1. The minimum absolute atomic E-state index is 0.0149. The van der Waals surface area contributed by atoms with Gasteiger partial charge in [0.25, 0.3) is 0 Å². The minimum atomic E-state index is 0.0149. The second-order valence-electron chi connectivity index (χ2n) is 7.97. The first-order chi connectivity index (χ1) is 16.1. The number of nitrogens with zero attached hydrogens (tertiary/aromatic N) is 5. The van der Waals surface area contributed by atoms with Crippen LogP contribution in [0.3, 0.4) is 0 Å². The molecule has 0 spiro atoms. The van der Waals surface area contributed by atoms with Crippen molar-refractivity contribution < 1.29 is 9.53 Å². The van der Waals surface area contributed by atoms with E-state index in [4.69, 9.17) is 15.6 Å². The highest BCUT2D eigenvalue weighted by atomic mass is 16.5. The van der Waals surface area contributed by atoms with Gasteiger partial charge in [-0.2, -0.15) is 5.10 Å². The van der Waals surface area contributed by atoms with E-state index < -0.39 is 0 Å². The molecule has 0 aliphatic carbocycles. The monoisotopic (exact) mass is 440 g/mol. The highest BCUT2D eigenvalue weighted by Gasteiger charge is 2.23. The Morgan fingerprint density at radius 2 is 1.76 bits per heavy atom. The first kappa shape index (κ1) is 20.7. The molecule has 0 bridgehead atoms. The number of ether oxygens (including phenoxy) is 1. The normalized spacial score (nSPS) is 14.1. The Hall–Kier alpha value is -4.20. The van der Waals surface area contributed by atoms with Crippen molar-refractivity contribution >= 4 is 22.8 Å². The summed E-state index contributed by atoms with van der Waals surface area (Å²) in [6.07, 6.45) is 3.13. The molecule has 0 radical (unpaired) electrons. The number of anilines is 1. The van der Waals surface area contributed by atoms with Crippen molar-refractivity contribution in [3.63, 3.8) is 0 Å². The molecule has 4 aromatic rings. The molecular weight excluding hydrogens is 416 g/mol. The molecule has 1 fully saturated rings. The Morgan fingerprint density at radius 3 is 2.55 bits per heavy atom. The van der Waals surface area contributed by atoms with Crippen LogP contribution in [0, 0.1) is 0 Å². The number of carbonyl (C=O) groups excluding carboxylic acids is 1. The maximum absolute atomic E-state index is 12.4. The molecule has 1 saturated heterocycles. The van der Waals surface area contributed by atoms with Gasteiger partial charge in [0, 0.05) is 24.2 Å². The molecule has 1 amide bonds. The Morgan fingerprint density at radius 1 is 1.00 bits per heavy atom. The number of hydrogen-bond acceptors (Lipinski definition) is 6. The van der Waals surface area contributed by atoms with Crippen LogP contribution in [0.2, 0.25) is 0 Å². The molecule has 166 valence electrons. The fourth-order valence-electron chi connectivity index (χ4n) is 4.04. The molecule has 3 heterocycles. The molecule has 2 aromatic carbocycles. The van der Waals surface area contributed by atoms with Crippen LogP contribution in [0.1, 0.15) is 12.8 Å². The Balaban J connectivity index is 1.42. The lowest BCUT2D eigenvalue weighted by molar-refractivity contribution is -0.128. The second-order valence-corrected chi connectivity index (χ2v) is 7.97. The summed E-state index contributed by atoms with van der Waals surface area (Å²) in [5.74, 6) is 1.88. The molecule has 1 aliphatic heterocycles. The number of nitrogen functional groups attached to an aromatic ring is 1. The van der Waals surface area contributed by atoms with Crippen LogP contribution < -0.4 is 10.5 Å². The van der Waals surface area contributed by atoms with E-state index in [1.165, 1.54) is 6.33 Å². The van der Waals surface area contributed by atoms with Gasteiger partial charge in [-0.05, 0) is 49.2 Å². The molecule has 8 nitrogen and oxygen atoms in total. The van der Waals surface area contributed by atoms with E-state index >= 15 is 0 Å². The van der Waals surface area contributed by atoms with Gasteiger partial charge in [0.05, 0.1) is 11.9 Å². The summed E-state index contributed by atoms with van der Waals surface area (Å²) in [5, 5.41) is 5.49. The number of aromatic nitrogens is 4. The number of para-hydroxylation sites is 1. The smallest absolute Gasteiger partial charge is 0.249 e. The fraction of sp³-hybridized carbons (Fsp3) is 0.200. The molecule has 33 heavy (non-hydrogen) atoms. The van der Waals surface area contributed by atoms with Crippen molar-refractivity contribution in [2.45, 2.75) is 19.4 Å². The Labute approximate surface area is 191 Å². The van der Waals surface area contributed by atoms with E-state index in [0.29, 0.717) is 41.2 Å². The third-order valence-electron chi connectivity index (χ3n) is 5.74. The average Bonchev–Trinajstić information content (AvgIpc) is 3.21. The van der Waals surface area contributed by atoms with Gasteiger partial charge >= 0.3 is 0 Å². The van der Waals surface area contributed by atoms with E-state index in [-0.39, 0.29) is 5.91 Å². The van der Waals surface area contributed by atoms with Crippen molar-refractivity contribution in [2.24, 2.45) is 0 Å². The topological polar surface area (TPSA) is 99.2 Å². The predicted molar refractivity (Wildman–Crippen MR) is 127 cm³/mol. The van der Waals surface area contributed by atoms with E-state index in [2.05, 4.69) is 16.5 Å². The summed E-state index contributed by atoms with van der Waals surface area (Å²) < 4.78 is 7.68. The third kappa shape index (κ3) is 4.15. The minimum Gasteiger partial charge on any atom is -0.457 e. The van der Waals surface area contributed by atoms with Crippen molar-refractivity contribution in [3.8, 4) is 22.8 Å². The standard InChI is InChI=1S/C25H24N6O2/c1-17-6-5-13-30(25(17)32)14-15-31-24-21(23(26)27-16-28-24)22(29-31)18-9-11-20(12-10-18)33-19-7-3-2-4-8-19/h2-4,7-12,16H,1,5-6,13-15H2,(H2,26,27,28). The zero-order valence-corrected chi connectivity index (χ0v) is 18.1. The molecular formula is C25H24N6O2. The van der Waals surface area contributed by atoms with Gasteiger partial charge in [0.2, 0.25) is 5.91 Å². The quantitative estimate of drug-likeness (QED) is 0.454. The maximum Gasteiger partial charge on any atom is 0.249 e. The molecule has 8 heteroatoms. The van der Waals surface area contributed by atoms with E-state index in [9.17, 15) is 4.79 Å². The molecule has 0 unspecified atom stereocenters. The second kappa shape index (κ2) is 8.74.